The summed E-state index contributed by atoms with van der Waals surface area (Å²) in [5.74, 6) is 1.90. The van der Waals surface area contributed by atoms with Crippen molar-refractivity contribution in [2.45, 2.75) is 50.2 Å². The molecular formula is C16H20O. The monoisotopic (exact) mass is 228 g/mol. The van der Waals surface area contributed by atoms with Crippen molar-refractivity contribution in [3.8, 4) is 0 Å². The van der Waals surface area contributed by atoms with Gasteiger partial charge in [0.05, 0.1) is 6.10 Å². The van der Waals surface area contributed by atoms with Gasteiger partial charge in [-0.3, -0.25) is 0 Å². The van der Waals surface area contributed by atoms with Crippen molar-refractivity contribution in [3.63, 3.8) is 0 Å². The van der Waals surface area contributed by atoms with Crippen LogP contribution in [0.25, 0.3) is 0 Å². The van der Waals surface area contributed by atoms with Crippen molar-refractivity contribution in [1.29, 1.82) is 0 Å². The van der Waals surface area contributed by atoms with Crippen LogP contribution in [-0.4, -0.2) is 6.10 Å². The minimum Gasteiger partial charge on any atom is -0.361 e. The van der Waals surface area contributed by atoms with E-state index in [1.165, 1.54) is 44.1 Å². The number of hydrogen-bond acceptors (Lipinski definition) is 1. The molecule has 0 aromatic heterocycles. The maximum absolute atomic E-state index is 6.14. The summed E-state index contributed by atoms with van der Waals surface area (Å²) in [5.41, 5.74) is 1.55. The third kappa shape index (κ3) is 1.48. The average molecular weight is 228 g/mol. The van der Waals surface area contributed by atoms with Crippen LogP contribution in [0.3, 0.4) is 0 Å². The first-order chi connectivity index (χ1) is 8.38. The maximum Gasteiger partial charge on any atom is 0.120 e. The van der Waals surface area contributed by atoms with Crippen molar-refractivity contribution < 1.29 is 4.74 Å². The Labute approximate surface area is 103 Å². The summed E-state index contributed by atoms with van der Waals surface area (Å²) in [6.45, 7) is 0. The third-order valence-corrected chi connectivity index (χ3v) is 5.23. The van der Waals surface area contributed by atoms with E-state index in [1.807, 2.05) is 0 Å². The summed E-state index contributed by atoms with van der Waals surface area (Å²) in [5, 5.41) is 0. The molecule has 0 spiro atoms. The van der Waals surface area contributed by atoms with E-state index < -0.39 is 0 Å². The Morgan fingerprint density at radius 1 is 1.00 bits per heavy atom. The van der Waals surface area contributed by atoms with E-state index in [0.29, 0.717) is 6.10 Å². The lowest BCUT2D eigenvalue weighted by Crippen LogP contribution is -2.32. The molecule has 2 saturated carbocycles. The van der Waals surface area contributed by atoms with E-state index in [9.17, 15) is 0 Å². The van der Waals surface area contributed by atoms with Crippen molar-refractivity contribution in [3.05, 3.63) is 35.9 Å². The topological polar surface area (TPSA) is 12.5 Å². The Morgan fingerprint density at radius 2 is 1.76 bits per heavy atom. The summed E-state index contributed by atoms with van der Waals surface area (Å²) < 4.78 is 6.14. The number of rotatable bonds is 1. The SMILES string of the molecule is c1ccc(C23CC4CCCCC4CC2O3)cc1. The van der Waals surface area contributed by atoms with E-state index in [0.717, 1.165) is 11.8 Å². The molecule has 3 fully saturated rings. The van der Waals surface area contributed by atoms with Gasteiger partial charge in [0, 0.05) is 0 Å². The van der Waals surface area contributed by atoms with E-state index in [1.54, 1.807) is 0 Å². The smallest absolute Gasteiger partial charge is 0.120 e. The molecule has 4 unspecified atom stereocenters. The van der Waals surface area contributed by atoms with Gasteiger partial charge < -0.3 is 4.74 Å². The highest BCUT2D eigenvalue weighted by Gasteiger charge is 2.62. The molecule has 0 bridgehead atoms. The van der Waals surface area contributed by atoms with E-state index in [-0.39, 0.29) is 5.60 Å². The summed E-state index contributed by atoms with van der Waals surface area (Å²) in [6, 6.07) is 10.9. The Bertz CT molecular complexity index is 413. The molecule has 0 N–H and O–H groups in total. The quantitative estimate of drug-likeness (QED) is 0.664. The fraction of sp³-hybridized carbons (Fsp3) is 0.625. The number of epoxide rings is 1. The molecule has 1 nitrogen and oxygen atoms in total. The van der Waals surface area contributed by atoms with Gasteiger partial charge in [0.25, 0.3) is 0 Å². The molecule has 1 aliphatic heterocycles. The van der Waals surface area contributed by atoms with Gasteiger partial charge in [-0.1, -0.05) is 56.0 Å². The Morgan fingerprint density at radius 3 is 2.59 bits per heavy atom. The van der Waals surface area contributed by atoms with Crippen LogP contribution >= 0.6 is 0 Å². The molecule has 1 aromatic carbocycles. The first-order valence-electron chi connectivity index (χ1n) is 7.12. The Kier molecular flexibility index (Phi) is 2.14. The molecule has 90 valence electrons. The highest BCUT2D eigenvalue weighted by atomic mass is 16.6. The van der Waals surface area contributed by atoms with Gasteiger partial charge in [-0.15, -0.1) is 0 Å². The number of fused-ring (bicyclic) bond motifs is 2. The molecule has 0 amide bonds. The second-order valence-electron chi connectivity index (χ2n) is 6.11. The van der Waals surface area contributed by atoms with Crippen LogP contribution in [0.15, 0.2) is 30.3 Å². The predicted octanol–water partition coefficient (Wildman–Crippen LogP) is 3.88. The van der Waals surface area contributed by atoms with Crippen LogP contribution in [-0.2, 0) is 10.3 Å². The number of benzene rings is 1. The van der Waals surface area contributed by atoms with Crippen molar-refractivity contribution >= 4 is 0 Å². The van der Waals surface area contributed by atoms with E-state index in [4.69, 9.17) is 4.74 Å². The normalized spacial score (nSPS) is 43.6. The molecule has 1 saturated heterocycles. The first-order valence-corrected chi connectivity index (χ1v) is 7.12. The lowest BCUT2D eigenvalue weighted by atomic mass is 9.66. The van der Waals surface area contributed by atoms with Crippen LogP contribution in [0.1, 0.15) is 44.1 Å². The highest BCUT2D eigenvalue weighted by molar-refractivity contribution is 5.30. The number of hydrogen-bond donors (Lipinski definition) is 0. The van der Waals surface area contributed by atoms with Crippen LogP contribution in [0.2, 0.25) is 0 Å². The van der Waals surface area contributed by atoms with Crippen LogP contribution in [0.5, 0.6) is 0 Å². The van der Waals surface area contributed by atoms with E-state index in [2.05, 4.69) is 30.3 Å². The zero-order valence-corrected chi connectivity index (χ0v) is 10.3. The fourth-order valence-electron chi connectivity index (χ4n) is 4.26. The van der Waals surface area contributed by atoms with Crippen LogP contribution < -0.4 is 0 Å². The largest absolute Gasteiger partial charge is 0.361 e. The molecule has 0 radical (unpaired) electrons. The van der Waals surface area contributed by atoms with Gasteiger partial charge in [0.15, 0.2) is 0 Å². The van der Waals surface area contributed by atoms with Gasteiger partial charge in [0.2, 0.25) is 0 Å². The molecule has 3 aliphatic rings. The van der Waals surface area contributed by atoms with Crippen LogP contribution in [0.4, 0.5) is 0 Å². The highest BCUT2D eigenvalue weighted by Crippen LogP contribution is 2.60. The van der Waals surface area contributed by atoms with Crippen molar-refractivity contribution in [2.75, 3.05) is 0 Å². The van der Waals surface area contributed by atoms with Gasteiger partial charge in [-0.2, -0.15) is 0 Å². The lowest BCUT2D eigenvalue weighted by Gasteiger charge is -2.36. The average Bonchev–Trinajstić information content (AvgIpc) is 3.11. The first kappa shape index (κ1) is 10.1. The standard InChI is InChI=1S/C16H20O/c1-2-8-14(9-3-1)16-11-13-7-5-4-6-12(13)10-15(16)17-16/h1-3,8-9,12-13,15H,4-7,10-11H2. The number of ether oxygens (including phenoxy) is 1. The van der Waals surface area contributed by atoms with Crippen molar-refractivity contribution in [1.82, 2.24) is 0 Å². The molecule has 1 heteroatoms. The molecular weight excluding hydrogens is 208 g/mol. The fourth-order valence-corrected chi connectivity index (χ4v) is 4.26. The Balaban J connectivity index is 1.62. The summed E-state index contributed by atoms with van der Waals surface area (Å²) in [6.07, 6.45) is 8.92. The molecule has 2 aliphatic carbocycles. The van der Waals surface area contributed by atoms with Crippen molar-refractivity contribution in [2.24, 2.45) is 11.8 Å². The zero-order chi connectivity index (χ0) is 11.3. The molecule has 4 rings (SSSR count). The summed E-state index contributed by atoms with van der Waals surface area (Å²) >= 11 is 0. The summed E-state index contributed by atoms with van der Waals surface area (Å²) in [7, 11) is 0. The maximum atomic E-state index is 6.14. The minimum atomic E-state index is 0.125. The summed E-state index contributed by atoms with van der Waals surface area (Å²) in [4.78, 5) is 0. The molecule has 4 atom stereocenters. The van der Waals surface area contributed by atoms with Crippen LogP contribution in [0, 0.1) is 11.8 Å². The van der Waals surface area contributed by atoms with Gasteiger partial charge in [-0.25, -0.2) is 0 Å². The second kappa shape index (κ2) is 3.58. The minimum absolute atomic E-state index is 0.125. The lowest BCUT2D eigenvalue weighted by molar-refractivity contribution is 0.158. The van der Waals surface area contributed by atoms with E-state index >= 15 is 0 Å². The third-order valence-electron chi connectivity index (χ3n) is 5.23. The van der Waals surface area contributed by atoms with Gasteiger partial charge in [0.1, 0.15) is 5.60 Å². The Hall–Kier alpha value is -0.820. The molecule has 1 aromatic rings. The predicted molar refractivity (Wildman–Crippen MR) is 67.7 cm³/mol. The molecule has 1 heterocycles. The van der Waals surface area contributed by atoms with Gasteiger partial charge in [-0.05, 0) is 30.2 Å². The second-order valence-corrected chi connectivity index (χ2v) is 6.11. The van der Waals surface area contributed by atoms with Gasteiger partial charge >= 0.3 is 0 Å². The molecule has 17 heavy (non-hydrogen) atoms. The zero-order valence-electron chi connectivity index (χ0n) is 10.3.